The first-order valence-electron chi connectivity index (χ1n) is 10.1. The van der Waals surface area contributed by atoms with Crippen LogP contribution in [0.4, 0.5) is 5.69 Å². The number of likely N-dealkylation sites (N-methyl/N-ethyl adjacent to an activating group) is 1. The second kappa shape index (κ2) is 9.84. The fourth-order valence-corrected chi connectivity index (χ4v) is 4.20. The number of rotatable bonds is 6. The first-order valence-corrected chi connectivity index (χ1v) is 10.9. The molecule has 1 amide bonds. The van der Waals surface area contributed by atoms with Crippen molar-refractivity contribution in [2.45, 2.75) is 6.54 Å². The molecular formula is C23H26N4O2S. The third-order valence-corrected chi connectivity index (χ3v) is 5.93. The van der Waals surface area contributed by atoms with Gasteiger partial charge in [0.1, 0.15) is 0 Å². The van der Waals surface area contributed by atoms with Gasteiger partial charge in [-0.05, 0) is 41.1 Å². The van der Waals surface area contributed by atoms with Gasteiger partial charge in [-0.1, -0.05) is 18.2 Å². The lowest BCUT2D eigenvalue weighted by atomic mass is 10.0. The molecule has 156 valence electrons. The number of benzene rings is 1. The highest BCUT2D eigenvalue weighted by molar-refractivity contribution is 7.10. The van der Waals surface area contributed by atoms with Gasteiger partial charge in [-0.3, -0.25) is 14.7 Å². The number of ether oxygens (including phenoxy) is 1. The number of carbonyl (C=O) groups excluding carboxylic acids is 1. The molecule has 1 fully saturated rings. The zero-order valence-corrected chi connectivity index (χ0v) is 17.9. The lowest BCUT2D eigenvalue weighted by Gasteiger charge is -2.26. The minimum Gasteiger partial charge on any atom is -0.379 e. The standard InChI is InChI=1S/C23H26N4O2S/c1-26-9-8-21(22-14-24-17-30-22)19(16-26)4-7-23(28)25-20-5-2-18(3-6-20)15-27-10-12-29-13-11-27/h2-9,14,17H,10-13,15-16H2,1H3,(H,25,28)/b7-4+. The maximum Gasteiger partial charge on any atom is 0.248 e. The quantitative estimate of drug-likeness (QED) is 0.724. The van der Waals surface area contributed by atoms with Gasteiger partial charge < -0.3 is 15.0 Å². The lowest BCUT2D eigenvalue weighted by Crippen LogP contribution is -2.35. The molecule has 1 aromatic carbocycles. The number of thiazole rings is 1. The van der Waals surface area contributed by atoms with Crippen molar-refractivity contribution < 1.29 is 9.53 Å². The van der Waals surface area contributed by atoms with E-state index in [0.29, 0.717) is 0 Å². The molecule has 0 bridgehead atoms. The number of amides is 1. The molecule has 1 saturated heterocycles. The fraction of sp³-hybridized carbons (Fsp3) is 0.304. The zero-order valence-electron chi connectivity index (χ0n) is 17.1. The van der Waals surface area contributed by atoms with Gasteiger partial charge in [0.25, 0.3) is 0 Å². The van der Waals surface area contributed by atoms with Crippen molar-refractivity contribution in [3.05, 3.63) is 76.4 Å². The highest BCUT2D eigenvalue weighted by Crippen LogP contribution is 2.27. The lowest BCUT2D eigenvalue weighted by molar-refractivity contribution is -0.111. The van der Waals surface area contributed by atoms with Crippen molar-refractivity contribution in [1.29, 1.82) is 0 Å². The summed E-state index contributed by atoms with van der Waals surface area (Å²) in [4.78, 5) is 22.2. The summed E-state index contributed by atoms with van der Waals surface area (Å²) < 4.78 is 5.39. The van der Waals surface area contributed by atoms with E-state index in [-0.39, 0.29) is 5.91 Å². The normalized spacial score (nSPS) is 17.7. The van der Waals surface area contributed by atoms with Crippen LogP contribution >= 0.6 is 11.3 Å². The molecule has 2 aromatic rings. The van der Waals surface area contributed by atoms with Crippen LogP contribution in [-0.2, 0) is 16.1 Å². The number of nitrogens with one attached hydrogen (secondary N) is 1. The molecule has 0 atom stereocenters. The Kier molecular flexibility index (Phi) is 6.74. The van der Waals surface area contributed by atoms with Gasteiger partial charge in [-0.2, -0.15) is 0 Å². The van der Waals surface area contributed by atoms with Crippen LogP contribution in [0.15, 0.2) is 66.0 Å². The Morgan fingerprint density at radius 3 is 2.80 bits per heavy atom. The van der Waals surface area contributed by atoms with Crippen molar-refractivity contribution in [3.8, 4) is 0 Å². The van der Waals surface area contributed by atoms with Crippen molar-refractivity contribution in [3.63, 3.8) is 0 Å². The number of morpholine rings is 1. The first-order chi connectivity index (χ1) is 14.7. The molecule has 2 aliphatic heterocycles. The summed E-state index contributed by atoms with van der Waals surface area (Å²) >= 11 is 1.60. The number of nitrogens with zero attached hydrogens (tertiary/aromatic N) is 3. The molecule has 0 unspecified atom stereocenters. The van der Waals surface area contributed by atoms with Crippen LogP contribution in [0.5, 0.6) is 0 Å². The summed E-state index contributed by atoms with van der Waals surface area (Å²) in [5.74, 6) is -0.135. The molecule has 6 nitrogen and oxygen atoms in total. The predicted molar refractivity (Wildman–Crippen MR) is 121 cm³/mol. The minimum atomic E-state index is -0.135. The summed E-state index contributed by atoms with van der Waals surface area (Å²) in [7, 11) is 2.02. The van der Waals surface area contributed by atoms with E-state index in [4.69, 9.17) is 4.74 Å². The van der Waals surface area contributed by atoms with E-state index in [1.807, 2.05) is 43.2 Å². The largest absolute Gasteiger partial charge is 0.379 e. The summed E-state index contributed by atoms with van der Waals surface area (Å²) in [5.41, 5.74) is 6.08. The van der Waals surface area contributed by atoms with Crippen LogP contribution in [0.1, 0.15) is 10.4 Å². The Labute approximate surface area is 181 Å². The SMILES string of the molecule is CN1C=CC(c2cncs2)=C(/C=C/C(=O)Nc2ccc(CN3CCOCC3)cc2)C1. The molecule has 2 aliphatic rings. The Balaban J connectivity index is 1.37. The molecule has 0 saturated carbocycles. The fourth-order valence-electron chi connectivity index (χ4n) is 3.52. The Morgan fingerprint density at radius 2 is 2.07 bits per heavy atom. The number of allylic oxidation sites excluding steroid dienone is 2. The van der Waals surface area contributed by atoms with E-state index in [2.05, 4.69) is 38.3 Å². The van der Waals surface area contributed by atoms with Crippen LogP contribution in [-0.4, -0.2) is 60.6 Å². The maximum absolute atomic E-state index is 12.4. The first kappa shape index (κ1) is 20.5. The van der Waals surface area contributed by atoms with Crippen LogP contribution in [0.25, 0.3) is 5.57 Å². The Hall–Kier alpha value is -2.74. The number of aromatic nitrogens is 1. The van der Waals surface area contributed by atoms with Gasteiger partial charge in [0.2, 0.25) is 5.91 Å². The van der Waals surface area contributed by atoms with Crippen molar-refractivity contribution in [2.75, 3.05) is 45.2 Å². The number of hydrogen-bond acceptors (Lipinski definition) is 6. The van der Waals surface area contributed by atoms with Gasteiger partial charge in [0.15, 0.2) is 0 Å². The molecule has 1 aromatic heterocycles. The van der Waals surface area contributed by atoms with E-state index >= 15 is 0 Å². The highest BCUT2D eigenvalue weighted by atomic mass is 32.1. The molecular weight excluding hydrogens is 396 g/mol. The monoisotopic (exact) mass is 422 g/mol. The van der Waals surface area contributed by atoms with E-state index < -0.39 is 0 Å². The van der Waals surface area contributed by atoms with Crippen LogP contribution < -0.4 is 5.32 Å². The second-order valence-electron chi connectivity index (χ2n) is 7.44. The molecule has 7 heteroatoms. The molecule has 0 spiro atoms. The van der Waals surface area contributed by atoms with Gasteiger partial charge in [0, 0.05) is 51.2 Å². The third kappa shape index (κ3) is 5.44. The summed E-state index contributed by atoms with van der Waals surface area (Å²) in [6, 6.07) is 8.06. The molecule has 30 heavy (non-hydrogen) atoms. The molecule has 0 radical (unpaired) electrons. The number of carbonyl (C=O) groups is 1. The van der Waals surface area contributed by atoms with Gasteiger partial charge in [0.05, 0.1) is 23.6 Å². The molecule has 3 heterocycles. The van der Waals surface area contributed by atoms with Gasteiger partial charge >= 0.3 is 0 Å². The Bertz CT molecular complexity index is 942. The minimum absolute atomic E-state index is 0.135. The maximum atomic E-state index is 12.4. The molecule has 0 aliphatic carbocycles. The van der Waals surface area contributed by atoms with Crippen LogP contribution in [0, 0.1) is 0 Å². The summed E-state index contributed by atoms with van der Waals surface area (Å²) in [5, 5.41) is 2.95. The van der Waals surface area contributed by atoms with Crippen LogP contribution in [0.3, 0.4) is 0 Å². The molecule has 1 N–H and O–H groups in total. The van der Waals surface area contributed by atoms with Crippen LogP contribution in [0.2, 0.25) is 0 Å². The summed E-state index contributed by atoms with van der Waals surface area (Å²) in [6.45, 7) is 5.19. The van der Waals surface area contributed by atoms with Crippen molar-refractivity contribution in [2.24, 2.45) is 0 Å². The van der Waals surface area contributed by atoms with Gasteiger partial charge in [-0.15, -0.1) is 11.3 Å². The predicted octanol–water partition coefficient (Wildman–Crippen LogP) is 3.38. The van der Waals surface area contributed by atoms with Gasteiger partial charge in [-0.25, -0.2) is 0 Å². The third-order valence-electron chi connectivity index (χ3n) is 5.13. The van der Waals surface area contributed by atoms with E-state index in [9.17, 15) is 4.79 Å². The van der Waals surface area contributed by atoms with E-state index in [0.717, 1.165) is 61.1 Å². The van der Waals surface area contributed by atoms with Crippen molar-refractivity contribution >= 4 is 28.5 Å². The van der Waals surface area contributed by atoms with E-state index in [1.165, 1.54) is 5.56 Å². The average molecular weight is 423 g/mol. The number of anilines is 1. The summed E-state index contributed by atoms with van der Waals surface area (Å²) in [6.07, 6.45) is 9.48. The highest BCUT2D eigenvalue weighted by Gasteiger charge is 2.13. The smallest absolute Gasteiger partial charge is 0.248 e. The van der Waals surface area contributed by atoms with E-state index in [1.54, 1.807) is 17.4 Å². The topological polar surface area (TPSA) is 57.7 Å². The average Bonchev–Trinajstić information content (AvgIpc) is 3.29. The zero-order chi connectivity index (χ0) is 20.8. The Morgan fingerprint density at radius 1 is 1.27 bits per heavy atom. The van der Waals surface area contributed by atoms with Crippen molar-refractivity contribution in [1.82, 2.24) is 14.8 Å². The number of hydrogen-bond donors (Lipinski definition) is 1. The molecule has 4 rings (SSSR count). The second-order valence-corrected chi connectivity index (χ2v) is 8.33.